The Morgan fingerprint density at radius 2 is 1.80 bits per heavy atom. The molecule has 5 nitrogen and oxygen atoms in total. The van der Waals surface area contributed by atoms with Crippen LogP contribution in [-0.2, 0) is 16.0 Å². The second kappa shape index (κ2) is 8.57. The van der Waals surface area contributed by atoms with E-state index in [1.54, 1.807) is 18.3 Å². The maximum atomic E-state index is 12.5. The van der Waals surface area contributed by atoms with Crippen LogP contribution in [-0.4, -0.2) is 16.8 Å². The van der Waals surface area contributed by atoms with E-state index in [-0.39, 0.29) is 11.8 Å². The number of hydrogen-bond acceptors (Lipinski definition) is 3. The van der Waals surface area contributed by atoms with Crippen molar-refractivity contribution in [1.82, 2.24) is 4.98 Å². The molecule has 148 valence electrons. The number of hydrogen-bond donors (Lipinski definition) is 2. The smallest absolute Gasteiger partial charge is 0.251 e. The molecule has 30 heavy (non-hydrogen) atoms. The SMILES string of the molecule is Cc1ccc(NC(=O)/C=C/c2ccccc2/C=C2\Cc3ccccc3NC2=O)nc1. The topological polar surface area (TPSA) is 71.1 Å². The third-order valence-corrected chi connectivity index (χ3v) is 4.84. The number of amides is 2. The van der Waals surface area contributed by atoms with E-state index in [0.717, 1.165) is 27.9 Å². The molecule has 0 radical (unpaired) electrons. The van der Waals surface area contributed by atoms with Crippen LogP contribution >= 0.6 is 0 Å². The summed E-state index contributed by atoms with van der Waals surface area (Å²) in [5.41, 5.74) is 5.38. The van der Waals surface area contributed by atoms with Gasteiger partial charge in [-0.3, -0.25) is 9.59 Å². The summed E-state index contributed by atoms with van der Waals surface area (Å²) in [6.45, 7) is 1.94. The molecule has 0 saturated heterocycles. The first-order chi connectivity index (χ1) is 14.6. The predicted octanol–water partition coefficient (Wildman–Crippen LogP) is 4.62. The molecule has 0 atom stereocenters. The van der Waals surface area contributed by atoms with E-state index in [4.69, 9.17) is 0 Å². The van der Waals surface area contributed by atoms with Crippen LogP contribution in [0, 0.1) is 6.92 Å². The highest BCUT2D eigenvalue weighted by atomic mass is 16.2. The van der Waals surface area contributed by atoms with Gasteiger partial charge >= 0.3 is 0 Å². The van der Waals surface area contributed by atoms with Crippen LogP contribution in [0.3, 0.4) is 0 Å². The summed E-state index contributed by atoms with van der Waals surface area (Å²) in [6, 6.07) is 19.1. The fraction of sp³-hybridized carbons (Fsp3) is 0.0800. The summed E-state index contributed by atoms with van der Waals surface area (Å²) in [4.78, 5) is 28.9. The van der Waals surface area contributed by atoms with Gasteiger partial charge in [-0.2, -0.15) is 0 Å². The number of aromatic nitrogens is 1. The molecule has 1 aromatic heterocycles. The van der Waals surface area contributed by atoms with Crippen molar-refractivity contribution in [3.8, 4) is 0 Å². The predicted molar refractivity (Wildman–Crippen MR) is 120 cm³/mol. The zero-order valence-electron chi connectivity index (χ0n) is 16.6. The normalized spacial score (nSPS) is 14.4. The highest BCUT2D eigenvalue weighted by Crippen LogP contribution is 2.26. The molecule has 0 spiro atoms. The minimum Gasteiger partial charge on any atom is -0.322 e. The molecule has 0 aliphatic carbocycles. The molecule has 2 amide bonds. The third kappa shape index (κ3) is 4.52. The van der Waals surface area contributed by atoms with Gasteiger partial charge in [0.05, 0.1) is 0 Å². The average Bonchev–Trinajstić information content (AvgIpc) is 2.75. The second-order valence-electron chi connectivity index (χ2n) is 7.13. The van der Waals surface area contributed by atoms with Crippen LogP contribution in [0.5, 0.6) is 0 Å². The Bertz CT molecular complexity index is 1160. The molecule has 3 aromatic rings. The van der Waals surface area contributed by atoms with E-state index in [0.29, 0.717) is 17.8 Å². The van der Waals surface area contributed by atoms with Crippen molar-refractivity contribution in [2.24, 2.45) is 0 Å². The van der Waals surface area contributed by atoms with E-state index in [1.807, 2.05) is 67.6 Å². The highest BCUT2D eigenvalue weighted by Gasteiger charge is 2.19. The maximum absolute atomic E-state index is 12.5. The number of carbonyl (C=O) groups is 2. The lowest BCUT2D eigenvalue weighted by Gasteiger charge is -2.19. The van der Waals surface area contributed by atoms with Gasteiger partial charge in [0.15, 0.2) is 0 Å². The van der Waals surface area contributed by atoms with Crippen molar-refractivity contribution in [1.29, 1.82) is 0 Å². The number of rotatable bonds is 4. The summed E-state index contributed by atoms with van der Waals surface area (Å²) in [7, 11) is 0. The van der Waals surface area contributed by atoms with Crippen LogP contribution in [0.4, 0.5) is 11.5 Å². The van der Waals surface area contributed by atoms with Gasteiger partial charge in [0.25, 0.3) is 5.91 Å². The lowest BCUT2D eigenvalue weighted by Crippen LogP contribution is -2.22. The van der Waals surface area contributed by atoms with Crippen molar-refractivity contribution in [2.75, 3.05) is 10.6 Å². The quantitative estimate of drug-likeness (QED) is 0.633. The average molecular weight is 395 g/mol. The molecule has 2 aromatic carbocycles. The molecule has 2 N–H and O–H groups in total. The van der Waals surface area contributed by atoms with Crippen LogP contribution < -0.4 is 10.6 Å². The third-order valence-electron chi connectivity index (χ3n) is 4.84. The first kappa shape index (κ1) is 19.3. The molecule has 5 heteroatoms. The zero-order chi connectivity index (χ0) is 20.9. The lowest BCUT2D eigenvalue weighted by atomic mass is 9.95. The molecule has 1 aliphatic heterocycles. The van der Waals surface area contributed by atoms with E-state index in [2.05, 4.69) is 15.6 Å². The molecular weight excluding hydrogens is 374 g/mol. The van der Waals surface area contributed by atoms with Gasteiger partial charge in [-0.05, 0) is 53.5 Å². The molecule has 0 saturated carbocycles. The van der Waals surface area contributed by atoms with Gasteiger partial charge in [-0.1, -0.05) is 48.5 Å². The van der Waals surface area contributed by atoms with E-state index in [1.165, 1.54) is 6.08 Å². The van der Waals surface area contributed by atoms with Crippen LogP contribution in [0.1, 0.15) is 22.3 Å². The summed E-state index contributed by atoms with van der Waals surface area (Å²) < 4.78 is 0. The van der Waals surface area contributed by atoms with Crippen molar-refractivity contribution < 1.29 is 9.59 Å². The fourth-order valence-electron chi connectivity index (χ4n) is 3.26. The number of nitrogens with one attached hydrogen (secondary N) is 2. The number of anilines is 2. The van der Waals surface area contributed by atoms with Crippen LogP contribution in [0.15, 0.2) is 78.5 Å². The molecule has 4 rings (SSSR count). The molecule has 2 heterocycles. The van der Waals surface area contributed by atoms with Crippen LogP contribution in [0.25, 0.3) is 12.2 Å². The van der Waals surface area contributed by atoms with Crippen molar-refractivity contribution in [3.05, 3.63) is 101 Å². The number of pyridine rings is 1. The lowest BCUT2D eigenvalue weighted by molar-refractivity contribution is -0.113. The fourth-order valence-corrected chi connectivity index (χ4v) is 3.26. The van der Waals surface area contributed by atoms with Gasteiger partial charge in [-0.15, -0.1) is 0 Å². The Hall–Kier alpha value is -3.99. The Morgan fingerprint density at radius 1 is 1.03 bits per heavy atom. The first-order valence-electron chi connectivity index (χ1n) is 9.69. The van der Waals surface area contributed by atoms with Crippen LogP contribution in [0.2, 0.25) is 0 Å². The van der Waals surface area contributed by atoms with Gasteiger partial charge in [-0.25, -0.2) is 4.98 Å². The van der Waals surface area contributed by atoms with E-state index in [9.17, 15) is 9.59 Å². The number of fused-ring (bicyclic) bond motifs is 1. The monoisotopic (exact) mass is 395 g/mol. The van der Waals surface area contributed by atoms with Crippen molar-refractivity contribution in [2.45, 2.75) is 13.3 Å². The largest absolute Gasteiger partial charge is 0.322 e. The van der Waals surface area contributed by atoms with Gasteiger partial charge < -0.3 is 10.6 Å². The number of nitrogens with zero attached hydrogens (tertiary/aromatic N) is 1. The summed E-state index contributed by atoms with van der Waals surface area (Å²) >= 11 is 0. The summed E-state index contributed by atoms with van der Waals surface area (Å²) in [5, 5.41) is 5.68. The van der Waals surface area contributed by atoms with Crippen molar-refractivity contribution in [3.63, 3.8) is 0 Å². The molecule has 0 fully saturated rings. The van der Waals surface area contributed by atoms with Gasteiger partial charge in [0.2, 0.25) is 5.91 Å². The molecule has 0 bridgehead atoms. The van der Waals surface area contributed by atoms with Gasteiger partial charge in [0.1, 0.15) is 5.82 Å². The maximum Gasteiger partial charge on any atom is 0.251 e. The molecule has 0 unspecified atom stereocenters. The Kier molecular flexibility index (Phi) is 5.52. The summed E-state index contributed by atoms with van der Waals surface area (Å²) in [6.07, 6.45) is 7.36. The Balaban J connectivity index is 1.53. The van der Waals surface area contributed by atoms with Gasteiger partial charge in [0, 0.05) is 30.0 Å². The number of para-hydroxylation sites is 1. The van der Waals surface area contributed by atoms with E-state index < -0.39 is 0 Å². The standard InChI is InChI=1S/C25H21N3O2/c1-17-10-12-23(26-16-17)28-24(29)13-11-18-6-2-3-7-19(18)14-21-15-20-8-4-5-9-22(20)27-25(21)30/h2-14,16H,15H2,1H3,(H,27,30)(H,26,28,29)/b13-11+,21-14+. The number of benzene rings is 2. The first-order valence-corrected chi connectivity index (χ1v) is 9.69. The Labute approximate surface area is 175 Å². The minimum atomic E-state index is -0.266. The molecular formula is C25H21N3O2. The zero-order valence-corrected chi connectivity index (χ0v) is 16.6. The highest BCUT2D eigenvalue weighted by molar-refractivity contribution is 6.10. The Morgan fingerprint density at radius 3 is 2.60 bits per heavy atom. The van der Waals surface area contributed by atoms with E-state index >= 15 is 0 Å². The van der Waals surface area contributed by atoms with Crippen molar-refractivity contribution >= 4 is 35.5 Å². The number of aryl methyl sites for hydroxylation is 1. The second-order valence-corrected chi connectivity index (χ2v) is 7.13. The molecule has 1 aliphatic rings. The number of carbonyl (C=O) groups excluding carboxylic acids is 2. The summed E-state index contributed by atoms with van der Waals surface area (Å²) in [5.74, 6) is 0.136. The minimum absolute atomic E-state index is 0.101.